The fraction of sp³-hybridized carbons (Fsp3) is 1.00. The van der Waals surface area contributed by atoms with Gasteiger partial charge in [-0.1, -0.05) is 12.8 Å². The maximum Gasteiger partial charge on any atom is 0.0479 e. The smallest absolute Gasteiger partial charge is 0.0479 e. The Balaban J connectivity index is 2.37. The third kappa shape index (κ3) is 4.40. The van der Waals surface area contributed by atoms with Crippen LogP contribution < -0.4 is 5.32 Å². The lowest BCUT2D eigenvalue weighted by Gasteiger charge is -2.34. The lowest BCUT2D eigenvalue weighted by atomic mass is 9.92. The monoisotopic (exact) mass is 229 g/mol. The van der Waals surface area contributed by atoms with E-state index >= 15 is 0 Å². The number of hydrogen-bond donors (Lipinski definition) is 2. The van der Waals surface area contributed by atoms with Crippen LogP contribution in [0.15, 0.2) is 0 Å². The normalized spacial score (nSPS) is 21.2. The Morgan fingerprint density at radius 3 is 2.62 bits per heavy atom. The van der Waals surface area contributed by atoms with Crippen molar-refractivity contribution >= 4 is 0 Å². The summed E-state index contributed by atoms with van der Waals surface area (Å²) >= 11 is 0. The first-order valence-electron chi connectivity index (χ1n) is 6.60. The van der Waals surface area contributed by atoms with E-state index in [0.717, 1.165) is 25.9 Å². The molecule has 1 fully saturated rings. The number of methoxy groups -OCH3 is 1. The number of aliphatic hydroxyl groups excluding tert-OH is 1. The van der Waals surface area contributed by atoms with Gasteiger partial charge < -0.3 is 15.2 Å². The van der Waals surface area contributed by atoms with Gasteiger partial charge in [-0.2, -0.15) is 0 Å². The highest BCUT2D eigenvalue weighted by atomic mass is 16.5. The summed E-state index contributed by atoms with van der Waals surface area (Å²) in [7, 11) is 1.78. The van der Waals surface area contributed by atoms with Crippen LogP contribution in [0, 0.1) is 0 Å². The Kier molecular flexibility index (Phi) is 6.32. The molecule has 0 aromatic rings. The summed E-state index contributed by atoms with van der Waals surface area (Å²) in [5, 5.41) is 12.6. The van der Waals surface area contributed by atoms with E-state index in [0.29, 0.717) is 18.2 Å². The van der Waals surface area contributed by atoms with Gasteiger partial charge in [0.05, 0.1) is 0 Å². The summed E-state index contributed by atoms with van der Waals surface area (Å²) in [5.41, 5.74) is 0.310. The van der Waals surface area contributed by atoms with Gasteiger partial charge in [-0.25, -0.2) is 0 Å². The lowest BCUT2D eigenvalue weighted by molar-refractivity contribution is 0.147. The van der Waals surface area contributed by atoms with E-state index in [4.69, 9.17) is 9.84 Å². The van der Waals surface area contributed by atoms with E-state index < -0.39 is 0 Å². The van der Waals surface area contributed by atoms with Crippen molar-refractivity contribution in [1.29, 1.82) is 0 Å². The molecule has 0 spiro atoms. The topological polar surface area (TPSA) is 41.5 Å². The molecular formula is C13H27NO2. The van der Waals surface area contributed by atoms with Gasteiger partial charge in [0.2, 0.25) is 0 Å². The van der Waals surface area contributed by atoms with E-state index in [9.17, 15) is 0 Å². The van der Waals surface area contributed by atoms with E-state index in [1.54, 1.807) is 7.11 Å². The van der Waals surface area contributed by atoms with Crippen LogP contribution in [0.2, 0.25) is 0 Å². The number of aliphatic hydroxyl groups is 1. The third-order valence-electron chi connectivity index (χ3n) is 3.69. The first kappa shape index (κ1) is 13.9. The molecule has 1 rings (SSSR count). The van der Waals surface area contributed by atoms with Crippen molar-refractivity contribution in [2.24, 2.45) is 0 Å². The zero-order valence-corrected chi connectivity index (χ0v) is 10.8. The van der Waals surface area contributed by atoms with Gasteiger partial charge in [0, 0.05) is 31.9 Å². The Bertz CT molecular complexity index is 179. The average molecular weight is 229 g/mol. The van der Waals surface area contributed by atoms with E-state index in [1.807, 2.05) is 0 Å². The largest absolute Gasteiger partial charge is 0.396 e. The molecule has 1 saturated carbocycles. The molecular weight excluding hydrogens is 202 g/mol. The Morgan fingerprint density at radius 2 is 2.06 bits per heavy atom. The molecule has 1 aliphatic rings. The molecule has 0 amide bonds. The van der Waals surface area contributed by atoms with Gasteiger partial charge in [-0.15, -0.1) is 0 Å². The standard InChI is InChI=1S/C13H27NO2/c1-12(6-5-10-15)14-13(9-11-16-2)7-3-4-8-13/h12,14-15H,3-11H2,1-2H3. The second kappa shape index (κ2) is 7.25. The van der Waals surface area contributed by atoms with Crippen LogP contribution in [0.5, 0.6) is 0 Å². The molecule has 1 aliphatic carbocycles. The fourth-order valence-electron chi connectivity index (χ4n) is 2.81. The van der Waals surface area contributed by atoms with E-state index in [-0.39, 0.29) is 0 Å². The summed E-state index contributed by atoms with van der Waals surface area (Å²) in [5.74, 6) is 0. The Hall–Kier alpha value is -0.120. The summed E-state index contributed by atoms with van der Waals surface area (Å²) < 4.78 is 5.21. The summed E-state index contributed by atoms with van der Waals surface area (Å²) in [6, 6.07) is 0.502. The maximum absolute atomic E-state index is 8.83. The molecule has 96 valence electrons. The third-order valence-corrected chi connectivity index (χ3v) is 3.69. The van der Waals surface area contributed by atoms with Crippen molar-refractivity contribution in [1.82, 2.24) is 5.32 Å². The van der Waals surface area contributed by atoms with Crippen LogP contribution in [0.3, 0.4) is 0 Å². The molecule has 1 unspecified atom stereocenters. The molecule has 0 radical (unpaired) electrons. The second-order valence-corrected chi connectivity index (χ2v) is 5.14. The van der Waals surface area contributed by atoms with Gasteiger partial charge in [0.25, 0.3) is 0 Å². The number of ether oxygens (including phenoxy) is 1. The van der Waals surface area contributed by atoms with Crippen LogP contribution in [0.4, 0.5) is 0 Å². The van der Waals surface area contributed by atoms with Gasteiger partial charge >= 0.3 is 0 Å². The van der Waals surface area contributed by atoms with Crippen LogP contribution >= 0.6 is 0 Å². The number of hydrogen-bond acceptors (Lipinski definition) is 3. The maximum atomic E-state index is 8.83. The SMILES string of the molecule is COCCC1(NC(C)CCCO)CCCC1. The number of rotatable bonds is 8. The fourth-order valence-corrected chi connectivity index (χ4v) is 2.81. The van der Waals surface area contributed by atoms with Crippen LogP contribution in [-0.4, -0.2) is 37.0 Å². The molecule has 2 N–H and O–H groups in total. The minimum Gasteiger partial charge on any atom is -0.396 e. The van der Waals surface area contributed by atoms with Crippen LogP contribution in [0.1, 0.15) is 51.9 Å². The average Bonchev–Trinajstić information content (AvgIpc) is 2.72. The summed E-state index contributed by atoms with van der Waals surface area (Å²) in [6.45, 7) is 3.37. The predicted octanol–water partition coefficient (Wildman–Crippen LogP) is 2.09. The zero-order valence-electron chi connectivity index (χ0n) is 10.8. The highest BCUT2D eigenvalue weighted by Crippen LogP contribution is 2.33. The molecule has 16 heavy (non-hydrogen) atoms. The van der Waals surface area contributed by atoms with Gasteiger partial charge in [0.1, 0.15) is 0 Å². The van der Waals surface area contributed by atoms with Crippen LogP contribution in [-0.2, 0) is 4.74 Å². The van der Waals surface area contributed by atoms with Gasteiger partial charge in [0.15, 0.2) is 0 Å². The van der Waals surface area contributed by atoms with Crippen molar-refractivity contribution in [3.8, 4) is 0 Å². The predicted molar refractivity (Wildman–Crippen MR) is 66.6 cm³/mol. The minimum absolute atomic E-state index is 0.303. The van der Waals surface area contributed by atoms with Crippen molar-refractivity contribution in [2.75, 3.05) is 20.3 Å². The van der Waals surface area contributed by atoms with E-state index in [1.165, 1.54) is 25.7 Å². The molecule has 3 heteroatoms. The van der Waals surface area contributed by atoms with E-state index in [2.05, 4.69) is 12.2 Å². The zero-order chi connectivity index (χ0) is 11.9. The van der Waals surface area contributed by atoms with Crippen molar-refractivity contribution in [3.63, 3.8) is 0 Å². The highest BCUT2D eigenvalue weighted by molar-refractivity contribution is 4.94. The molecule has 0 bridgehead atoms. The molecule has 0 aliphatic heterocycles. The highest BCUT2D eigenvalue weighted by Gasteiger charge is 2.33. The first-order valence-corrected chi connectivity index (χ1v) is 6.60. The molecule has 3 nitrogen and oxygen atoms in total. The second-order valence-electron chi connectivity index (χ2n) is 5.14. The van der Waals surface area contributed by atoms with Crippen molar-refractivity contribution in [3.05, 3.63) is 0 Å². The molecule has 0 saturated heterocycles. The van der Waals surface area contributed by atoms with Crippen LogP contribution in [0.25, 0.3) is 0 Å². The molecule has 1 atom stereocenters. The minimum atomic E-state index is 0.303. The molecule has 0 aromatic carbocycles. The first-order chi connectivity index (χ1) is 7.72. The Labute approximate surface area is 99.6 Å². The Morgan fingerprint density at radius 1 is 1.38 bits per heavy atom. The summed E-state index contributed by atoms with van der Waals surface area (Å²) in [4.78, 5) is 0. The van der Waals surface area contributed by atoms with Gasteiger partial charge in [-0.3, -0.25) is 0 Å². The lowest BCUT2D eigenvalue weighted by Crippen LogP contribution is -2.48. The number of nitrogens with one attached hydrogen (secondary N) is 1. The van der Waals surface area contributed by atoms with Gasteiger partial charge in [-0.05, 0) is 39.0 Å². The molecule has 0 aromatic heterocycles. The quantitative estimate of drug-likeness (QED) is 0.669. The van der Waals surface area contributed by atoms with Crippen molar-refractivity contribution < 1.29 is 9.84 Å². The van der Waals surface area contributed by atoms with Crippen molar-refractivity contribution in [2.45, 2.75) is 63.5 Å². The summed E-state index contributed by atoms with van der Waals surface area (Å²) in [6.07, 6.45) is 8.30. The molecule has 0 heterocycles.